The first-order valence-corrected chi connectivity index (χ1v) is 0. The molecule has 0 saturated carbocycles. The molecule has 0 aliphatic heterocycles. The van der Waals surface area contributed by atoms with Crippen molar-refractivity contribution >= 4 is 0 Å². The van der Waals surface area contributed by atoms with Crippen LogP contribution in [0, 0.1) is 0 Å². The first-order valence-electron chi connectivity index (χ1n) is 0. The van der Waals surface area contributed by atoms with E-state index in [9.17, 15) is 0 Å². The van der Waals surface area contributed by atoms with Crippen molar-refractivity contribution < 1.29 is 75.4 Å². The predicted octanol–water partition coefficient (Wildman–Crippen LogP) is -1.24. The summed E-state index contributed by atoms with van der Waals surface area (Å²) in [6.45, 7) is 0. The summed E-state index contributed by atoms with van der Waals surface area (Å²) in [7, 11) is 0. The van der Waals surface area contributed by atoms with Crippen LogP contribution in [0.1, 0.15) is 0 Å². The molecule has 7 nitrogen and oxygen atoms in total. The third kappa shape index (κ3) is 534. The third-order valence-corrected chi connectivity index (χ3v) is 0. The van der Waals surface area contributed by atoms with Crippen LogP contribution in [0.25, 0.3) is 0 Å². The second-order valence-electron chi connectivity index (χ2n) is 0. The second kappa shape index (κ2) is 700. The largest absolute Gasteiger partial charge is 2.00 e. The van der Waals surface area contributed by atoms with Crippen molar-refractivity contribution in [2.75, 3.05) is 0 Å². The molecule has 0 aromatic rings. The summed E-state index contributed by atoms with van der Waals surface area (Å²) >= 11 is 0. The van der Waals surface area contributed by atoms with Crippen molar-refractivity contribution in [1.29, 1.82) is 0 Å². The molecule has 0 saturated heterocycles. The minimum Gasteiger partial charge on any atom is -0.870 e. The molecule has 9 heteroatoms. The van der Waals surface area contributed by atoms with Crippen molar-refractivity contribution in [3.05, 3.63) is 0 Å². The molecule has 0 aromatic heterocycles. The van der Waals surface area contributed by atoms with Crippen LogP contribution in [0.2, 0.25) is 0 Å². The van der Waals surface area contributed by atoms with Crippen LogP contribution in [0.15, 0.2) is 0 Å². The van der Waals surface area contributed by atoms with Crippen molar-refractivity contribution in [2.24, 2.45) is 0 Å². The van der Waals surface area contributed by atoms with Crippen molar-refractivity contribution in [1.82, 2.24) is 0 Å². The van der Waals surface area contributed by atoms with Crippen LogP contribution in [-0.4, -0.2) is 38.3 Å². The fourth-order valence-corrected chi connectivity index (χ4v) is 0. The average Bonchev–Trinajstić information content (AvgIpc) is 0. The smallest absolute Gasteiger partial charge is 0.870 e. The van der Waals surface area contributed by atoms with Gasteiger partial charge in [0.15, 0.2) is 0 Å². The zero-order chi connectivity index (χ0) is 0. The van der Waals surface area contributed by atoms with Crippen molar-refractivity contribution in [2.45, 2.75) is 0 Å². The van der Waals surface area contributed by atoms with Crippen LogP contribution in [-0.2, 0) is 37.1 Å². The molecule has 0 unspecified atom stereocenters. The Hall–Kier alpha value is 0.889. The van der Waals surface area contributed by atoms with Gasteiger partial charge in [0.2, 0.25) is 0 Å². The molecule has 64 valence electrons. The van der Waals surface area contributed by atoms with Crippen molar-refractivity contribution in [3.63, 3.8) is 0 Å². The summed E-state index contributed by atoms with van der Waals surface area (Å²) in [6, 6.07) is 0. The Labute approximate surface area is 75.8 Å². The molecule has 0 aromatic carbocycles. The van der Waals surface area contributed by atoms with Gasteiger partial charge in [0.1, 0.15) is 0 Å². The van der Waals surface area contributed by atoms with Crippen LogP contribution in [0.5, 0.6) is 0 Å². The van der Waals surface area contributed by atoms with Gasteiger partial charge in [-0.25, -0.2) is 0 Å². The zero-order valence-electron chi connectivity index (χ0n) is 4.02. The molecular weight excluding hydrogens is 214 g/mol. The van der Waals surface area contributed by atoms with Gasteiger partial charge in [0.25, 0.3) is 0 Å². The molecule has 0 amide bonds. The van der Waals surface area contributed by atoms with Gasteiger partial charge in [-0.1, -0.05) is 0 Å². The van der Waals surface area contributed by atoms with E-state index >= 15 is 0 Å². The van der Waals surface area contributed by atoms with Crippen LogP contribution < -0.4 is 0 Å². The molecule has 2 radical (unpaired) electrons. The van der Waals surface area contributed by atoms with E-state index in [-0.39, 0.29) is 75.4 Å². The second-order valence-corrected chi connectivity index (χ2v) is 0. The minimum absolute atomic E-state index is 0. The molecule has 0 heterocycles. The Bertz CT molecular complexity index is 6.88. The monoisotopic (exact) mass is 221 g/mol. The Morgan fingerprint density at radius 1 is 0.333 bits per heavy atom. The van der Waals surface area contributed by atoms with E-state index in [0.717, 1.165) is 0 Å². The molecule has 0 rings (SSSR count). The molecule has 0 aliphatic carbocycles. The van der Waals surface area contributed by atoms with Gasteiger partial charge in [-0.3, -0.25) is 0 Å². The summed E-state index contributed by atoms with van der Waals surface area (Å²) in [5.41, 5.74) is 0. The Kier molecular flexibility index (Phi) is 76900. The van der Waals surface area contributed by atoms with Gasteiger partial charge in [-0.2, -0.15) is 0 Å². The van der Waals surface area contributed by atoms with Gasteiger partial charge in [-0.15, -0.1) is 0 Å². The summed E-state index contributed by atoms with van der Waals surface area (Å²) < 4.78 is 0. The van der Waals surface area contributed by atoms with Gasteiger partial charge >= 0.3 is 18.6 Å². The first kappa shape index (κ1) is 989. The van der Waals surface area contributed by atoms with E-state index in [0.29, 0.717) is 0 Å². The molecule has 0 aliphatic rings. The predicted molar refractivity (Wildman–Crippen MR) is 13.6 cm³/mol. The normalized spacial score (nSPS) is 0. The minimum atomic E-state index is 0. The Morgan fingerprint density at radius 2 is 0.333 bits per heavy atom. The van der Waals surface area contributed by atoms with E-state index in [2.05, 4.69) is 0 Å². The van der Waals surface area contributed by atoms with E-state index in [1.807, 2.05) is 0 Å². The summed E-state index contributed by atoms with van der Waals surface area (Å²) in [6.07, 6.45) is 0. The van der Waals surface area contributed by atoms with Crippen LogP contribution in [0.3, 0.4) is 0 Å². The molecule has 0 atom stereocenters. The Morgan fingerprint density at radius 3 is 0.333 bits per heavy atom. The summed E-state index contributed by atoms with van der Waals surface area (Å²) in [4.78, 5) is 0. The van der Waals surface area contributed by atoms with E-state index in [4.69, 9.17) is 0 Å². The quantitative estimate of drug-likeness (QED) is 0.484. The zero-order valence-corrected chi connectivity index (χ0v) is 6.82. The topological polar surface area (TPSA) is 210 Å². The first-order chi connectivity index (χ1) is 0. The maximum atomic E-state index is 0. The van der Waals surface area contributed by atoms with Gasteiger partial charge in [0, 0.05) is 18.6 Å². The molecule has 0 bridgehead atoms. The number of hydrogen-bond donors (Lipinski definition) is 0. The van der Waals surface area contributed by atoms with E-state index < -0.39 is 0 Å². The number of hydrogen-bond acceptors (Lipinski definition) is 7. The molecule has 0 fully saturated rings. The summed E-state index contributed by atoms with van der Waals surface area (Å²) in [5.74, 6) is 0. The van der Waals surface area contributed by atoms with Crippen molar-refractivity contribution in [3.8, 4) is 0 Å². The van der Waals surface area contributed by atoms with Gasteiger partial charge in [0.05, 0.1) is 0 Å². The van der Waals surface area contributed by atoms with Gasteiger partial charge < -0.3 is 38.3 Å². The van der Waals surface area contributed by atoms with E-state index in [1.165, 1.54) is 0 Å². The molecule has 9 heavy (non-hydrogen) atoms. The standard InChI is InChI=1S/7H2O.2V/h7*1H2;;/q;;;;;;;;+2/p-7. The number of rotatable bonds is 0. The maximum Gasteiger partial charge on any atom is 2.00 e. The molecule has 0 spiro atoms. The summed E-state index contributed by atoms with van der Waals surface area (Å²) in [5, 5.41) is 0. The molecule has 7 N–H and O–H groups in total. The SMILES string of the molecule is [OH-].[OH-].[OH-].[OH-].[OH-].[OH-].[OH-].[V+2].[V]. The fraction of sp³-hybridized carbons (Fsp3) is 0. The maximum absolute atomic E-state index is 0. The fourth-order valence-electron chi connectivity index (χ4n) is 0. The molecular formula is H7O7V2-5. The third-order valence-electron chi connectivity index (χ3n) is 0. The Balaban J connectivity index is 0. The van der Waals surface area contributed by atoms with E-state index in [1.54, 1.807) is 0 Å². The van der Waals surface area contributed by atoms with Crippen LogP contribution >= 0.6 is 0 Å². The van der Waals surface area contributed by atoms with Crippen LogP contribution in [0.4, 0.5) is 0 Å². The van der Waals surface area contributed by atoms with Gasteiger partial charge in [-0.05, 0) is 0 Å². The average molecular weight is 221 g/mol.